The molecular weight excluding hydrogens is 294 g/mol. The first kappa shape index (κ1) is 15.7. The molecule has 1 aromatic rings. The number of rotatable bonds is 5. The van der Waals surface area contributed by atoms with Crippen LogP contribution in [-0.4, -0.2) is 37.8 Å². The molecular formula is C13H19N3O4S. The molecule has 1 aliphatic heterocycles. The number of hydrogen-bond donors (Lipinski definition) is 1. The van der Waals surface area contributed by atoms with Gasteiger partial charge in [0.1, 0.15) is 5.69 Å². The summed E-state index contributed by atoms with van der Waals surface area (Å²) in [6.45, 7) is 2.87. The van der Waals surface area contributed by atoms with Crippen LogP contribution in [0.2, 0.25) is 0 Å². The van der Waals surface area contributed by atoms with E-state index in [0.717, 1.165) is 12.8 Å². The van der Waals surface area contributed by atoms with Crippen LogP contribution in [0.5, 0.6) is 0 Å². The molecule has 21 heavy (non-hydrogen) atoms. The van der Waals surface area contributed by atoms with Crippen LogP contribution in [0.4, 0.5) is 11.4 Å². The van der Waals surface area contributed by atoms with Gasteiger partial charge in [-0.15, -0.1) is 0 Å². The zero-order valence-corrected chi connectivity index (χ0v) is 12.9. The fourth-order valence-electron chi connectivity index (χ4n) is 2.61. The molecule has 1 saturated heterocycles. The van der Waals surface area contributed by atoms with E-state index in [0.29, 0.717) is 19.0 Å². The lowest BCUT2D eigenvalue weighted by Gasteiger charge is -2.17. The lowest BCUT2D eigenvalue weighted by molar-refractivity contribution is -0.386. The van der Waals surface area contributed by atoms with Crippen LogP contribution in [-0.2, 0) is 10.0 Å². The lowest BCUT2D eigenvalue weighted by Crippen LogP contribution is -2.29. The van der Waals surface area contributed by atoms with Gasteiger partial charge in [0.05, 0.1) is 4.92 Å². The number of nitro groups is 1. The van der Waals surface area contributed by atoms with Gasteiger partial charge in [0.15, 0.2) is 4.90 Å². The zero-order chi connectivity index (χ0) is 15.6. The molecule has 8 heteroatoms. The first-order chi connectivity index (χ1) is 9.91. The molecule has 2 rings (SSSR count). The van der Waals surface area contributed by atoms with E-state index in [4.69, 9.17) is 0 Å². The van der Waals surface area contributed by atoms with Crippen molar-refractivity contribution in [3.8, 4) is 0 Å². The van der Waals surface area contributed by atoms with Gasteiger partial charge in [-0.3, -0.25) is 10.1 Å². The third kappa shape index (κ3) is 2.86. The van der Waals surface area contributed by atoms with Crippen molar-refractivity contribution in [3.05, 3.63) is 28.3 Å². The second-order valence-electron chi connectivity index (χ2n) is 5.09. The fourth-order valence-corrected chi connectivity index (χ4v) is 4.32. The minimum Gasteiger partial charge on any atom is -0.383 e. The van der Waals surface area contributed by atoms with Crippen LogP contribution in [0.1, 0.15) is 19.8 Å². The first-order valence-electron chi connectivity index (χ1n) is 6.87. The van der Waals surface area contributed by atoms with E-state index in [9.17, 15) is 18.5 Å². The lowest BCUT2D eigenvalue weighted by atomic mass is 10.1. The molecule has 1 atom stereocenters. The molecule has 1 unspecified atom stereocenters. The van der Waals surface area contributed by atoms with E-state index in [1.807, 2.05) is 6.92 Å². The predicted octanol–water partition coefficient (Wildman–Crippen LogP) is 2.06. The number of benzene rings is 1. The van der Waals surface area contributed by atoms with Crippen molar-refractivity contribution >= 4 is 21.4 Å². The first-order valence-corrected chi connectivity index (χ1v) is 8.31. The summed E-state index contributed by atoms with van der Waals surface area (Å²) < 4.78 is 26.7. The van der Waals surface area contributed by atoms with Gasteiger partial charge >= 0.3 is 5.69 Å². The predicted molar refractivity (Wildman–Crippen MR) is 79.8 cm³/mol. The second-order valence-corrected chi connectivity index (χ2v) is 6.99. The van der Waals surface area contributed by atoms with Gasteiger partial charge in [0, 0.05) is 20.1 Å². The Morgan fingerprint density at radius 2 is 2.19 bits per heavy atom. The Morgan fingerprint density at radius 3 is 2.71 bits per heavy atom. The van der Waals surface area contributed by atoms with Crippen molar-refractivity contribution in [2.75, 3.05) is 25.5 Å². The van der Waals surface area contributed by atoms with Crippen molar-refractivity contribution < 1.29 is 13.3 Å². The Balaban J connectivity index is 2.48. The Labute approximate surface area is 124 Å². The summed E-state index contributed by atoms with van der Waals surface area (Å²) in [5, 5.41) is 13.9. The Kier molecular flexibility index (Phi) is 4.48. The van der Waals surface area contributed by atoms with Crippen LogP contribution in [0, 0.1) is 16.0 Å². The molecule has 0 saturated carbocycles. The van der Waals surface area contributed by atoms with Crippen molar-refractivity contribution in [2.24, 2.45) is 5.92 Å². The summed E-state index contributed by atoms with van der Waals surface area (Å²) in [4.78, 5) is 10.4. The largest absolute Gasteiger partial charge is 0.383 e. The third-order valence-corrected chi connectivity index (χ3v) is 5.79. The summed E-state index contributed by atoms with van der Waals surface area (Å²) in [7, 11) is -2.31. The molecule has 0 spiro atoms. The van der Waals surface area contributed by atoms with Crippen LogP contribution in [0.15, 0.2) is 23.1 Å². The maximum absolute atomic E-state index is 12.7. The smallest absolute Gasteiger partial charge is 0.312 e. The van der Waals surface area contributed by atoms with Crippen LogP contribution >= 0.6 is 0 Å². The summed E-state index contributed by atoms with van der Waals surface area (Å²) in [6.07, 6.45) is 1.71. The van der Waals surface area contributed by atoms with Gasteiger partial charge in [-0.1, -0.05) is 19.4 Å². The summed E-state index contributed by atoms with van der Waals surface area (Å²) in [5.74, 6) is 0.325. The molecule has 7 nitrogen and oxygen atoms in total. The van der Waals surface area contributed by atoms with E-state index < -0.39 is 14.9 Å². The quantitative estimate of drug-likeness (QED) is 0.663. The number of anilines is 1. The topological polar surface area (TPSA) is 92.6 Å². The molecule has 0 aliphatic carbocycles. The molecule has 116 valence electrons. The molecule has 1 heterocycles. The summed E-state index contributed by atoms with van der Waals surface area (Å²) >= 11 is 0. The molecule has 1 fully saturated rings. The number of hydrogen-bond acceptors (Lipinski definition) is 5. The molecule has 0 amide bonds. The Bertz CT molecular complexity index is 645. The highest BCUT2D eigenvalue weighted by atomic mass is 32.2. The van der Waals surface area contributed by atoms with E-state index in [1.165, 1.54) is 29.6 Å². The van der Waals surface area contributed by atoms with E-state index >= 15 is 0 Å². The number of nitrogens with one attached hydrogen (secondary N) is 1. The maximum atomic E-state index is 12.7. The minimum atomic E-state index is -3.84. The third-order valence-electron chi connectivity index (χ3n) is 3.89. The van der Waals surface area contributed by atoms with E-state index in [1.54, 1.807) is 0 Å². The zero-order valence-electron chi connectivity index (χ0n) is 12.1. The average molecular weight is 313 g/mol. The number of nitro benzene ring substituents is 1. The van der Waals surface area contributed by atoms with Gasteiger partial charge in [0.25, 0.3) is 0 Å². The highest BCUT2D eigenvalue weighted by Gasteiger charge is 2.37. The van der Waals surface area contributed by atoms with Crippen LogP contribution in [0.3, 0.4) is 0 Å². The monoisotopic (exact) mass is 313 g/mol. The molecule has 1 aromatic carbocycles. The molecule has 0 aromatic heterocycles. The summed E-state index contributed by atoms with van der Waals surface area (Å²) in [6, 6.07) is 4.31. The normalized spacial score (nSPS) is 19.6. The van der Waals surface area contributed by atoms with Gasteiger partial charge in [-0.25, -0.2) is 8.42 Å². The van der Waals surface area contributed by atoms with Crippen molar-refractivity contribution in [1.29, 1.82) is 0 Å². The van der Waals surface area contributed by atoms with E-state index in [-0.39, 0.29) is 16.3 Å². The highest BCUT2D eigenvalue weighted by Crippen LogP contribution is 2.35. The highest BCUT2D eigenvalue weighted by molar-refractivity contribution is 7.89. The van der Waals surface area contributed by atoms with Gasteiger partial charge in [0.2, 0.25) is 10.0 Å². The Hall–Kier alpha value is -1.67. The van der Waals surface area contributed by atoms with Crippen molar-refractivity contribution in [2.45, 2.75) is 24.7 Å². The van der Waals surface area contributed by atoms with Gasteiger partial charge < -0.3 is 5.32 Å². The maximum Gasteiger partial charge on any atom is 0.312 e. The molecule has 0 radical (unpaired) electrons. The fraction of sp³-hybridized carbons (Fsp3) is 0.538. The second kappa shape index (κ2) is 5.98. The van der Waals surface area contributed by atoms with Crippen molar-refractivity contribution in [3.63, 3.8) is 0 Å². The number of sulfonamides is 1. The average Bonchev–Trinajstić information content (AvgIpc) is 2.95. The van der Waals surface area contributed by atoms with E-state index in [2.05, 4.69) is 5.32 Å². The molecule has 1 aliphatic rings. The van der Waals surface area contributed by atoms with Crippen molar-refractivity contribution in [1.82, 2.24) is 4.31 Å². The van der Waals surface area contributed by atoms with Crippen LogP contribution < -0.4 is 5.32 Å². The number of nitrogens with zero attached hydrogens (tertiary/aromatic N) is 2. The SMILES string of the molecule is CCC1CCN(S(=O)(=O)c2cccc(NC)c2[N+](=O)[O-])C1. The Morgan fingerprint density at radius 1 is 1.48 bits per heavy atom. The van der Waals surface area contributed by atoms with Gasteiger partial charge in [-0.05, 0) is 24.5 Å². The molecule has 1 N–H and O–H groups in total. The van der Waals surface area contributed by atoms with Gasteiger partial charge in [-0.2, -0.15) is 4.31 Å². The van der Waals surface area contributed by atoms with Crippen LogP contribution in [0.25, 0.3) is 0 Å². The number of para-hydroxylation sites is 1. The minimum absolute atomic E-state index is 0.201. The molecule has 0 bridgehead atoms. The summed E-state index contributed by atoms with van der Waals surface area (Å²) in [5.41, 5.74) is -0.188. The standard InChI is InChI=1S/C13H19N3O4S/c1-3-10-7-8-15(9-10)21(19,20)12-6-4-5-11(14-2)13(12)16(17)18/h4-6,10,14H,3,7-9H2,1-2H3.